The maximum absolute atomic E-state index is 9.94. The Balaban J connectivity index is 2.32. The maximum atomic E-state index is 9.94. The van der Waals surface area contributed by atoms with E-state index in [-0.39, 0.29) is 0 Å². The normalized spacial score (nSPS) is 23.2. The second kappa shape index (κ2) is 6.35. The number of pyridine rings is 1. The zero-order valence-electron chi connectivity index (χ0n) is 12.2. The highest BCUT2D eigenvalue weighted by Crippen LogP contribution is 2.27. The van der Waals surface area contributed by atoms with Crippen molar-refractivity contribution in [3.63, 3.8) is 0 Å². The van der Waals surface area contributed by atoms with Crippen molar-refractivity contribution in [2.45, 2.75) is 38.8 Å². The molecular weight excluding hydrogens is 238 g/mol. The monoisotopic (exact) mass is 263 g/mol. The van der Waals surface area contributed by atoms with Gasteiger partial charge >= 0.3 is 0 Å². The average Bonchev–Trinajstić information content (AvgIpc) is 2.60. The van der Waals surface area contributed by atoms with E-state index in [1.54, 1.807) is 0 Å². The summed E-state index contributed by atoms with van der Waals surface area (Å²) in [7, 11) is 2.18. The minimum absolute atomic E-state index is 0.470. The van der Waals surface area contributed by atoms with Crippen LogP contribution < -0.4 is 4.90 Å². The number of likely N-dealkylation sites (N-methyl/N-ethyl adjacent to an activating group) is 1. The molecule has 2 heterocycles. The fraction of sp³-hybridized carbons (Fsp3) is 0.667. The van der Waals surface area contributed by atoms with Crippen molar-refractivity contribution in [2.24, 2.45) is 0 Å². The van der Waals surface area contributed by atoms with Crippen LogP contribution in [0.15, 0.2) is 18.3 Å². The first-order chi connectivity index (χ1) is 9.13. The number of aliphatic hydroxyl groups is 1. The quantitative estimate of drug-likeness (QED) is 0.906. The summed E-state index contributed by atoms with van der Waals surface area (Å²) in [6.45, 7) is 7.24. The predicted molar refractivity (Wildman–Crippen MR) is 78.4 cm³/mol. The molecule has 1 aliphatic heterocycles. The molecule has 0 saturated carbocycles. The van der Waals surface area contributed by atoms with Gasteiger partial charge in [-0.1, -0.05) is 13.0 Å². The molecule has 1 aromatic rings. The lowest BCUT2D eigenvalue weighted by molar-refractivity contribution is 0.199. The molecule has 19 heavy (non-hydrogen) atoms. The number of hydrogen-bond donors (Lipinski definition) is 1. The van der Waals surface area contributed by atoms with Gasteiger partial charge in [0.15, 0.2) is 0 Å². The Morgan fingerprint density at radius 3 is 2.95 bits per heavy atom. The van der Waals surface area contributed by atoms with E-state index >= 15 is 0 Å². The van der Waals surface area contributed by atoms with Crippen LogP contribution in [-0.4, -0.2) is 47.7 Å². The Kier molecular flexibility index (Phi) is 4.77. The Hall–Kier alpha value is -1.13. The number of aliphatic hydroxyl groups excluding tert-OH is 1. The van der Waals surface area contributed by atoms with E-state index in [0.717, 1.165) is 43.9 Å². The minimum Gasteiger partial charge on any atom is -0.389 e. The second-order valence-electron chi connectivity index (χ2n) is 5.46. The zero-order chi connectivity index (χ0) is 13.8. The van der Waals surface area contributed by atoms with Gasteiger partial charge in [-0.15, -0.1) is 0 Å². The van der Waals surface area contributed by atoms with Gasteiger partial charge in [-0.25, -0.2) is 4.98 Å². The van der Waals surface area contributed by atoms with Gasteiger partial charge in [-0.05, 0) is 39.4 Å². The van der Waals surface area contributed by atoms with E-state index in [2.05, 4.69) is 28.8 Å². The van der Waals surface area contributed by atoms with Gasteiger partial charge in [-0.3, -0.25) is 0 Å². The summed E-state index contributed by atoms with van der Waals surface area (Å²) < 4.78 is 0. The summed E-state index contributed by atoms with van der Waals surface area (Å²) >= 11 is 0. The van der Waals surface area contributed by atoms with Crippen molar-refractivity contribution in [3.05, 3.63) is 23.9 Å². The summed E-state index contributed by atoms with van der Waals surface area (Å²) in [6, 6.07) is 4.35. The summed E-state index contributed by atoms with van der Waals surface area (Å²) in [5.41, 5.74) is 0.936. The molecular formula is C15H25N3O. The Bertz CT molecular complexity index is 408. The van der Waals surface area contributed by atoms with E-state index in [4.69, 9.17) is 0 Å². The molecule has 4 nitrogen and oxygen atoms in total. The largest absolute Gasteiger partial charge is 0.389 e. The van der Waals surface area contributed by atoms with Crippen LogP contribution in [0.2, 0.25) is 0 Å². The standard InChI is InChI=1S/C15H25N3O/c1-4-13-11-17(3)9-6-10-18(13)15-14(12(2)19)7-5-8-16-15/h5,7-8,12-13,19H,4,6,9-11H2,1-3H3/t12-,13?/m0/s1. The van der Waals surface area contributed by atoms with Gasteiger partial charge < -0.3 is 14.9 Å². The molecule has 1 aromatic heterocycles. The number of rotatable bonds is 3. The highest BCUT2D eigenvalue weighted by atomic mass is 16.3. The van der Waals surface area contributed by atoms with Crippen LogP contribution in [0, 0.1) is 0 Å². The van der Waals surface area contributed by atoms with Crippen molar-refractivity contribution in [1.82, 2.24) is 9.88 Å². The number of aromatic nitrogens is 1. The third-order valence-electron chi connectivity index (χ3n) is 3.91. The molecule has 0 aromatic carbocycles. The summed E-state index contributed by atoms with van der Waals surface area (Å²) in [6.07, 6.45) is 3.59. The van der Waals surface area contributed by atoms with Crippen LogP contribution >= 0.6 is 0 Å². The smallest absolute Gasteiger partial charge is 0.134 e. The van der Waals surface area contributed by atoms with Crippen LogP contribution in [-0.2, 0) is 0 Å². The van der Waals surface area contributed by atoms with Crippen LogP contribution in [0.3, 0.4) is 0 Å². The Morgan fingerprint density at radius 1 is 1.47 bits per heavy atom. The van der Waals surface area contributed by atoms with E-state index < -0.39 is 6.10 Å². The summed E-state index contributed by atoms with van der Waals surface area (Å²) in [4.78, 5) is 9.30. The molecule has 0 aliphatic carbocycles. The molecule has 0 bridgehead atoms. The Labute approximate surface area is 116 Å². The fourth-order valence-electron chi connectivity index (χ4n) is 2.85. The van der Waals surface area contributed by atoms with Gasteiger partial charge in [0, 0.05) is 30.9 Å². The lowest BCUT2D eigenvalue weighted by Gasteiger charge is -2.33. The van der Waals surface area contributed by atoms with Crippen LogP contribution in [0.4, 0.5) is 5.82 Å². The van der Waals surface area contributed by atoms with Crippen LogP contribution in [0.25, 0.3) is 0 Å². The van der Waals surface area contributed by atoms with Crippen LogP contribution in [0.1, 0.15) is 38.4 Å². The topological polar surface area (TPSA) is 39.6 Å². The van der Waals surface area contributed by atoms with Crippen LogP contribution in [0.5, 0.6) is 0 Å². The third-order valence-corrected chi connectivity index (χ3v) is 3.91. The van der Waals surface area contributed by atoms with Gasteiger partial charge in [0.2, 0.25) is 0 Å². The highest BCUT2D eigenvalue weighted by Gasteiger charge is 2.25. The fourth-order valence-corrected chi connectivity index (χ4v) is 2.85. The van der Waals surface area contributed by atoms with Crippen molar-refractivity contribution in [2.75, 3.05) is 31.6 Å². The molecule has 4 heteroatoms. The van der Waals surface area contributed by atoms with Gasteiger partial charge in [-0.2, -0.15) is 0 Å². The van der Waals surface area contributed by atoms with E-state index in [1.807, 2.05) is 25.3 Å². The SMILES string of the molecule is CCC1CN(C)CCCN1c1ncccc1[C@H](C)O. The van der Waals surface area contributed by atoms with E-state index in [1.165, 1.54) is 0 Å². The first-order valence-electron chi connectivity index (χ1n) is 7.21. The molecule has 0 spiro atoms. The molecule has 1 N–H and O–H groups in total. The molecule has 2 atom stereocenters. The molecule has 1 saturated heterocycles. The van der Waals surface area contributed by atoms with E-state index in [9.17, 15) is 5.11 Å². The molecule has 1 fully saturated rings. The lowest BCUT2D eigenvalue weighted by atomic mass is 10.1. The first-order valence-corrected chi connectivity index (χ1v) is 7.21. The molecule has 1 unspecified atom stereocenters. The van der Waals surface area contributed by atoms with Crippen molar-refractivity contribution in [1.29, 1.82) is 0 Å². The molecule has 0 radical (unpaired) electrons. The number of nitrogens with zero attached hydrogens (tertiary/aromatic N) is 3. The molecule has 0 amide bonds. The molecule has 2 rings (SSSR count). The average molecular weight is 263 g/mol. The lowest BCUT2D eigenvalue weighted by Crippen LogP contribution is -2.40. The summed E-state index contributed by atoms with van der Waals surface area (Å²) in [5.74, 6) is 0.958. The highest BCUT2D eigenvalue weighted by molar-refractivity contribution is 5.49. The van der Waals surface area contributed by atoms with Crippen molar-refractivity contribution >= 4 is 5.82 Å². The number of anilines is 1. The maximum Gasteiger partial charge on any atom is 0.134 e. The van der Waals surface area contributed by atoms with Gasteiger partial charge in [0.1, 0.15) is 5.82 Å². The van der Waals surface area contributed by atoms with Crippen molar-refractivity contribution < 1.29 is 5.11 Å². The zero-order valence-corrected chi connectivity index (χ0v) is 12.2. The second-order valence-corrected chi connectivity index (χ2v) is 5.46. The predicted octanol–water partition coefficient (Wildman–Crippen LogP) is 2.06. The van der Waals surface area contributed by atoms with E-state index in [0.29, 0.717) is 6.04 Å². The number of hydrogen-bond acceptors (Lipinski definition) is 4. The summed E-state index contributed by atoms with van der Waals surface area (Å²) in [5, 5.41) is 9.94. The Morgan fingerprint density at radius 2 is 2.26 bits per heavy atom. The first kappa shape index (κ1) is 14.3. The minimum atomic E-state index is -0.470. The molecule has 1 aliphatic rings. The van der Waals surface area contributed by atoms with Gasteiger partial charge in [0.25, 0.3) is 0 Å². The van der Waals surface area contributed by atoms with Gasteiger partial charge in [0.05, 0.1) is 6.10 Å². The van der Waals surface area contributed by atoms with Crippen molar-refractivity contribution in [3.8, 4) is 0 Å². The molecule has 106 valence electrons. The third kappa shape index (κ3) is 3.25.